The van der Waals surface area contributed by atoms with E-state index < -0.39 is 83.4 Å². The second-order valence-electron chi connectivity index (χ2n) is 12.3. The van der Waals surface area contributed by atoms with Crippen LogP contribution in [0.5, 0.6) is 0 Å². The molecule has 1 aliphatic heterocycles. The van der Waals surface area contributed by atoms with Crippen molar-refractivity contribution in [2.75, 3.05) is 0 Å². The fourth-order valence-corrected chi connectivity index (χ4v) is 6.55. The van der Waals surface area contributed by atoms with Crippen LogP contribution in [-0.2, 0) is 47.7 Å². The minimum absolute atomic E-state index is 0.0239. The molecule has 44 heavy (non-hydrogen) atoms. The first-order valence-corrected chi connectivity index (χ1v) is 15.3. The summed E-state index contributed by atoms with van der Waals surface area (Å²) in [5, 5.41) is 23.8. The lowest BCUT2D eigenvalue weighted by Gasteiger charge is -2.41. The number of hydrogen-bond donors (Lipinski definition) is 2. The Labute approximate surface area is 258 Å². The fourth-order valence-electron chi connectivity index (χ4n) is 6.55. The normalized spacial score (nSPS) is 34.8. The molecule has 2 fully saturated rings. The Bertz CT molecular complexity index is 1230. The lowest BCUT2D eigenvalue weighted by atomic mass is 9.75. The van der Waals surface area contributed by atoms with E-state index in [2.05, 4.69) is 0 Å². The molecule has 1 saturated carbocycles. The average molecular weight is 623 g/mol. The zero-order chi connectivity index (χ0) is 33.2. The van der Waals surface area contributed by atoms with Crippen LogP contribution in [0.4, 0.5) is 0 Å². The van der Waals surface area contributed by atoms with Gasteiger partial charge in [-0.2, -0.15) is 0 Å². The highest BCUT2D eigenvalue weighted by atomic mass is 16.6. The number of aliphatic hydroxyl groups is 2. The summed E-state index contributed by atoms with van der Waals surface area (Å²) < 4.78 is 29.1. The fraction of sp³-hybridized carbons (Fsp3) is 0.719. The van der Waals surface area contributed by atoms with E-state index in [1.807, 2.05) is 6.92 Å². The van der Waals surface area contributed by atoms with E-state index in [4.69, 9.17) is 23.7 Å². The summed E-state index contributed by atoms with van der Waals surface area (Å²) in [6.07, 6.45) is -1.96. The molecule has 3 unspecified atom stereocenters. The summed E-state index contributed by atoms with van der Waals surface area (Å²) in [7, 11) is 0. The zero-order valence-electron chi connectivity index (χ0n) is 26.9. The molecule has 0 amide bonds. The number of carbonyl (C=O) groups is 5. The maximum atomic E-state index is 13.2. The Balaban J connectivity index is 2.29. The van der Waals surface area contributed by atoms with Gasteiger partial charge in [-0.05, 0) is 58.6 Å². The Kier molecular flexibility index (Phi) is 10.7. The van der Waals surface area contributed by atoms with Crippen molar-refractivity contribution < 1.29 is 57.9 Å². The number of ether oxygens (including phenoxy) is 5. The summed E-state index contributed by atoms with van der Waals surface area (Å²) in [5.74, 6) is -5.05. The van der Waals surface area contributed by atoms with Gasteiger partial charge in [0.15, 0.2) is 29.5 Å². The van der Waals surface area contributed by atoms with Gasteiger partial charge in [-0.15, -0.1) is 0 Å². The van der Waals surface area contributed by atoms with Gasteiger partial charge < -0.3 is 33.9 Å². The molecule has 0 aromatic heterocycles. The zero-order valence-corrected chi connectivity index (χ0v) is 26.9. The summed E-state index contributed by atoms with van der Waals surface area (Å²) in [5.41, 5.74) is -6.12. The standard InChI is InChI=1S/C32H46O12/c1-9-12-13-15-22(35)41-26-24-23(18(5)25(26)42-28(36)17(4)11-3)27-32(39,31(8,38)29(37)43-27)20(40-21(34)14-10-2)16-30(24,7)44-19(6)33/h11,20,24-27,38-39H,9-10,12-16H2,1-8H3/b17-11-/t20-,24?,25-,26?,27?,30-,31+,32+/m0/s1. The van der Waals surface area contributed by atoms with Gasteiger partial charge in [0.25, 0.3) is 0 Å². The van der Waals surface area contributed by atoms with E-state index in [9.17, 15) is 34.2 Å². The van der Waals surface area contributed by atoms with Crippen molar-refractivity contribution in [1.82, 2.24) is 0 Å². The predicted molar refractivity (Wildman–Crippen MR) is 155 cm³/mol. The Morgan fingerprint density at radius 2 is 1.61 bits per heavy atom. The molecule has 1 saturated heterocycles. The van der Waals surface area contributed by atoms with Gasteiger partial charge in [0, 0.05) is 31.8 Å². The molecule has 8 atom stereocenters. The van der Waals surface area contributed by atoms with Gasteiger partial charge in [0.1, 0.15) is 11.7 Å². The topological polar surface area (TPSA) is 172 Å². The number of unbranched alkanes of at least 4 members (excludes halogenated alkanes) is 2. The summed E-state index contributed by atoms with van der Waals surface area (Å²) in [4.78, 5) is 64.7. The van der Waals surface area contributed by atoms with Gasteiger partial charge in [-0.25, -0.2) is 9.59 Å². The highest BCUT2D eigenvalue weighted by molar-refractivity contribution is 5.88. The van der Waals surface area contributed by atoms with Crippen molar-refractivity contribution in [3.63, 3.8) is 0 Å². The molecule has 3 aliphatic rings. The Morgan fingerprint density at radius 1 is 0.977 bits per heavy atom. The molecule has 0 spiro atoms. The molecule has 1 heterocycles. The first-order valence-electron chi connectivity index (χ1n) is 15.3. The van der Waals surface area contributed by atoms with Crippen molar-refractivity contribution in [3.05, 3.63) is 22.8 Å². The van der Waals surface area contributed by atoms with E-state index in [1.165, 1.54) is 13.8 Å². The molecule has 0 aromatic rings. The maximum absolute atomic E-state index is 13.2. The van der Waals surface area contributed by atoms with Crippen LogP contribution in [-0.4, -0.2) is 81.3 Å². The predicted octanol–water partition coefficient (Wildman–Crippen LogP) is 3.15. The minimum atomic E-state index is -2.57. The van der Waals surface area contributed by atoms with Gasteiger partial charge in [0.05, 0.1) is 5.92 Å². The average Bonchev–Trinajstić information content (AvgIpc) is 3.26. The van der Waals surface area contributed by atoms with Crippen LogP contribution in [0.3, 0.4) is 0 Å². The summed E-state index contributed by atoms with van der Waals surface area (Å²) in [6, 6.07) is 0. The van der Waals surface area contributed by atoms with Gasteiger partial charge in [-0.3, -0.25) is 14.4 Å². The molecule has 2 N–H and O–H groups in total. The van der Waals surface area contributed by atoms with Crippen LogP contribution in [0, 0.1) is 5.92 Å². The van der Waals surface area contributed by atoms with E-state index >= 15 is 0 Å². The van der Waals surface area contributed by atoms with Crippen molar-refractivity contribution in [1.29, 1.82) is 0 Å². The van der Waals surface area contributed by atoms with Crippen LogP contribution < -0.4 is 0 Å². The largest absolute Gasteiger partial charge is 0.459 e. The number of hydrogen-bond acceptors (Lipinski definition) is 12. The van der Waals surface area contributed by atoms with Crippen LogP contribution in [0.2, 0.25) is 0 Å². The smallest absolute Gasteiger partial charge is 0.341 e. The SMILES string of the molecule is C/C=C(/C)C(=O)O[C@H]1C(C)=C2C(C1OC(=O)CCCCC)[C@@](C)(OC(C)=O)C[C@H](OC(=O)CCC)[C@@]1(O)C2OC(=O)[C@@]1(C)O. The van der Waals surface area contributed by atoms with E-state index in [0.29, 0.717) is 12.8 Å². The number of esters is 5. The highest BCUT2D eigenvalue weighted by Gasteiger charge is 2.76. The van der Waals surface area contributed by atoms with E-state index in [1.54, 1.807) is 33.8 Å². The number of rotatable bonds is 11. The molecule has 246 valence electrons. The van der Waals surface area contributed by atoms with Crippen molar-refractivity contribution in [2.24, 2.45) is 5.92 Å². The number of fused-ring (bicyclic) bond motifs is 3. The lowest BCUT2D eigenvalue weighted by molar-refractivity contribution is -0.212. The molecular weight excluding hydrogens is 576 g/mol. The van der Waals surface area contributed by atoms with Crippen molar-refractivity contribution in [2.45, 2.75) is 142 Å². The van der Waals surface area contributed by atoms with Crippen LogP contribution in [0.15, 0.2) is 22.8 Å². The monoisotopic (exact) mass is 622 g/mol. The Hall–Kier alpha value is -3.25. The molecule has 0 bridgehead atoms. The number of carbonyl (C=O) groups excluding carboxylic acids is 5. The third-order valence-electron chi connectivity index (χ3n) is 9.01. The first-order chi connectivity index (χ1) is 20.5. The third kappa shape index (κ3) is 6.28. The van der Waals surface area contributed by atoms with E-state index in [0.717, 1.165) is 19.8 Å². The van der Waals surface area contributed by atoms with Crippen molar-refractivity contribution in [3.8, 4) is 0 Å². The minimum Gasteiger partial charge on any atom is -0.459 e. The van der Waals surface area contributed by atoms with Gasteiger partial charge >= 0.3 is 29.8 Å². The maximum Gasteiger partial charge on any atom is 0.341 e. The Morgan fingerprint density at radius 3 is 2.18 bits per heavy atom. The summed E-state index contributed by atoms with van der Waals surface area (Å²) in [6.45, 7) is 12.3. The van der Waals surface area contributed by atoms with Crippen molar-refractivity contribution >= 4 is 29.8 Å². The van der Waals surface area contributed by atoms with E-state index in [-0.39, 0.29) is 29.6 Å². The van der Waals surface area contributed by atoms with Crippen LogP contribution in [0.1, 0.15) is 100 Å². The quantitative estimate of drug-likeness (QED) is 0.114. The number of allylic oxidation sites excluding steroid dienone is 1. The molecule has 12 heteroatoms. The molecule has 0 radical (unpaired) electrons. The lowest BCUT2D eigenvalue weighted by Crippen LogP contribution is -2.64. The molecular formula is C32H46O12. The van der Waals surface area contributed by atoms with Crippen LogP contribution in [0.25, 0.3) is 0 Å². The summed E-state index contributed by atoms with van der Waals surface area (Å²) >= 11 is 0. The highest BCUT2D eigenvalue weighted by Crippen LogP contribution is 2.57. The van der Waals surface area contributed by atoms with Crippen LogP contribution >= 0.6 is 0 Å². The first kappa shape index (κ1) is 35.2. The van der Waals surface area contributed by atoms with Gasteiger partial charge in [-0.1, -0.05) is 32.8 Å². The second-order valence-corrected chi connectivity index (χ2v) is 12.3. The van der Waals surface area contributed by atoms with Gasteiger partial charge in [0.2, 0.25) is 0 Å². The third-order valence-corrected chi connectivity index (χ3v) is 9.01. The molecule has 12 nitrogen and oxygen atoms in total. The second kappa shape index (κ2) is 13.4. The molecule has 2 aliphatic carbocycles. The molecule has 0 aromatic carbocycles. The molecule has 3 rings (SSSR count).